The average molecular weight is 318 g/mol. The summed E-state index contributed by atoms with van der Waals surface area (Å²) in [5, 5.41) is 10.9. The summed E-state index contributed by atoms with van der Waals surface area (Å²) in [5.41, 5.74) is -1.29. The van der Waals surface area contributed by atoms with E-state index in [9.17, 15) is 9.90 Å². The first-order valence-corrected chi connectivity index (χ1v) is 8.59. The van der Waals surface area contributed by atoms with Crippen molar-refractivity contribution in [3.63, 3.8) is 0 Å². The number of piperidine rings is 1. The minimum Gasteiger partial charge on any atom is -0.378 e. The zero-order valence-corrected chi connectivity index (χ0v) is 14.0. The molecule has 0 spiro atoms. The van der Waals surface area contributed by atoms with Crippen LogP contribution in [0.5, 0.6) is 0 Å². The molecule has 1 unspecified atom stereocenters. The predicted molar refractivity (Wildman–Crippen MR) is 88.3 cm³/mol. The van der Waals surface area contributed by atoms with Gasteiger partial charge >= 0.3 is 0 Å². The van der Waals surface area contributed by atoms with Gasteiger partial charge in [-0.2, -0.15) is 0 Å². The van der Waals surface area contributed by atoms with E-state index >= 15 is 0 Å². The highest BCUT2D eigenvalue weighted by Gasteiger charge is 2.43. The molecule has 6 nitrogen and oxygen atoms in total. The second kappa shape index (κ2) is 6.43. The molecule has 0 aromatic carbocycles. The Morgan fingerprint density at radius 2 is 2.00 bits per heavy atom. The van der Waals surface area contributed by atoms with Crippen molar-refractivity contribution in [1.29, 1.82) is 0 Å². The van der Waals surface area contributed by atoms with Gasteiger partial charge in [0.25, 0.3) is 5.91 Å². The van der Waals surface area contributed by atoms with Gasteiger partial charge in [0, 0.05) is 31.7 Å². The molecule has 1 N–H and O–H groups in total. The standard InChI is InChI=1S/C17H26N4O2/c1-13(2)15-18-8-6-14(19-15)21-11-5-7-17(23,12-21)16(22)20-9-3-4-10-20/h6,8,13,23H,3-5,7,9-12H2,1-2H3. The molecule has 2 aliphatic heterocycles. The number of aromatic nitrogens is 2. The number of hydrogen-bond acceptors (Lipinski definition) is 5. The molecule has 0 saturated carbocycles. The molecule has 1 aromatic heterocycles. The Hall–Kier alpha value is -1.69. The third kappa shape index (κ3) is 3.32. The SMILES string of the molecule is CC(C)c1nccc(N2CCCC(O)(C(=O)N3CCCC3)C2)n1. The van der Waals surface area contributed by atoms with Gasteiger partial charge in [0.05, 0.1) is 6.54 Å². The van der Waals surface area contributed by atoms with Gasteiger partial charge in [-0.05, 0) is 31.7 Å². The Balaban J connectivity index is 1.77. The summed E-state index contributed by atoms with van der Waals surface area (Å²) in [7, 11) is 0. The van der Waals surface area contributed by atoms with Crippen molar-refractivity contribution in [3.8, 4) is 0 Å². The van der Waals surface area contributed by atoms with E-state index in [1.807, 2.05) is 15.9 Å². The van der Waals surface area contributed by atoms with Crippen LogP contribution in [0.1, 0.15) is 51.3 Å². The van der Waals surface area contributed by atoms with Gasteiger partial charge in [0.15, 0.2) is 5.60 Å². The maximum atomic E-state index is 12.7. The van der Waals surface area contributed by atoms with Crippen molar-refractivity contribution in [1.82, 2.24) is 14.9 Å². The lowest BCUT2D eigenvalue weighted by molar-refractivity contribution is -0.151. The maximum Gasteiger partial charge on any atom is 0.256 e. The topological polar surface area (TPSA) is 69.6 Å². The smallest absolute Gasteiger partial charge is 0.256 e. The number of aliphatic hydroxyl groups is 1. The van der Waals surface area contributed by atoms with Gasteiger partial charge in [-0.3, -0.25) is 4.79 Å². The van der Waals surface area contributed by atoms with Crippen LogP contribution in [0.25, 0.3) is 0 Å². The quantitative estimate of drug-likeness (QED) is 0.916. The second-order valence-electron chi connectivity index (χ2n) is 6.98. The molecule has 2 saturated heterocycles. The fraction of sp³-hybridized carbons (Fsp3) is 0.706. The molecule has 2 fully saturated rings. The molecule has 3 heterocycles. The van der Waals surface area contributed by atoms with Crippen molar-refractivity contribution in [2.45, 2.75) is 51.0 Å². The van der Waals surface area contributed by atoms with Gasteiger partial charge in [-0.1, -0.05) is 13.8 Å². The molecule has 0 bridgehead atoms. The number of rotatable bonds is 3. The van der Waals surface area contributed by atoms with Crippen molar-refractivity contribution in [3.05, 3.63) is 18.1 Å². The number of likely N-dealkylation sites (tertiary alicyclic amines) is 1. The fourth-order valence-corrected chi connectivity index (χ4v) is 3.44. The van der Waals surface area contributed by atoms with Gasteiger partial charge < -0.3 is 14.9 Å². The molecule has 2 aliphatic rings. The summed E-state index contributed by atoms with van der Waals surface area (Å²) in [5.74, 6) is 1.74. The van der Waals surface area contributed by atoms with Crippen molar-refractivity contribution < 1.29 is 9.90 Å². The number of amides is 1. The third-order valence-corrected chi connectivity index (χ3v) is 4.76. The van der Waals surface area contributed by atoms with Gasteiger partial charge in [0.2, 0.25) is 0 Å². The Morgan fingerprint density at radius 1 is 1.26 bits per heavy atom. The highest BCUT2D eigenvalue weighted by molar-refractivity contribution is 5.86. The molecule has 1 atom stereocenters. The lowest BCUT2D eigenvalue weighted by Gasteiger charge is -2.40. The van der Waals surface area contributed by atoms with Crippen molar-refractivity contribution in [2.75, 3.05) is 31.1 Å². The molecule has 6 heteroatoms. The Labute approximate surface area is 137 Å². The van der Waals surface area contributed by atoms with E-state index < -0.39 is 5.60 Å². The highest BCUT2D eigenvalue weighted by atomic mass is 16.3. The minimum absolute atomic E-state index is 0.113. The number of β-amino-alcohol motifs (C(OH)–C–C–N with tert-alkyl or cyclic N) is 1. The number of hydrogen-bond donors (Lipinski definition) is 1. The first-order chi connectivity index (χ1) is 11.0. The first-order valence-electron chi connectivity index (χ1n) is 8.59. The normalized spacial score (nSPS) is 25.2. The maximum absolute atomic E-state index is 12.7. The highest BCUT2D eigenvalue weighted by Crippen LogP contribution is 2.28. The fourth-order valence-electron chi connectivity index (χ4n) is 3.44. The van der Waals surface area contributed by atoms with Crippen LogP contribution in [-0.2, 0) is 4.79 Å². The van der Waals surface area contributed by atoms with E-state index in [0.29, 0.717) is 13.0 Å². The third-order valence-electron chi connectivity index (χ3n) is 4.76. The molecule has 1 aromatic rings. The molecule has 23 heavy (non-hydrogen) atoms. The van der Waals surface area contributed by atoms with Crippen LogP contribution in [0.2, 0.25) is 0 Å². The predicted octanol–water partition coefficient (Wildman–Crippen LogP) is 1.55. The van der Waals surface area contributed by atoms with Crippen LogP contribution in [0, 0.1) is 0 Å². The van der Waals surface area contributed by atoms with Gasteiger partial charge in [-0.15, -0.1) is 0 Å². The van der Waals surface area contributed by atoms with E-state index in [1.165, 1.54) is 0 Å². The van der Waals surface area contributed by atoms with E-state index in [2.05, 4.69) is 23.8 Å². The summed E-state index contributed by atoms with van der Waals surface area (Å²) in [6.07, 6.45) is 5.15. The number of carbonyl (C=O) groups excluding carboxylic acids is 1. The van der Waals surface area contributed by atoms with Crippen molar-refractivity contribution in [2.24, 2.45) is 0 Å². The van der Waals surface area contributed by atoms with Crippen LogP contribution in [-0.4, -0.2) is 57.7 Å². The summed E-state index contributed by atoms with van der Waals surface area (Å²) in [6.45, 7) is 6.78. The van der Waals surface area contributed by atoms with Gasteiger partial charge in [-0.25, -0.2) is 9.97 Å². The summed E-state index contributed by atoms with van der Waals surface area (Å²) >= 11 is 0. The Morgan fingerprint density at radius 3 is 2.70 bits per heavy atom. The van der Waals surface area contributed by atoms with Gasteiger partial charge in [0.1, 0.15) is 11.6 Å². The lowest BCUT2D eigenvalue weighted by Crippen LogP contribution is -2.58. The zero-order valence-electron chi connectivity index (χ0n) is 14.0. The van der Waals surface area contributed by atoms with Crippen LogP contribution < -0.4 is 4.90 Å². The molecule has 126 valence electrons. The second-order valence-corrected chi connectivity index (χ2v) is 6.98. The average Bonchev–Trinajstić information content (AvgIpc) is 3.08. The van der Waals surface area contributed by atoms with E-state index in [0.717, 1.165) is 50.5 Å². The Kier molecular flexibility index (Phi) is 4.53. The molecular formula is C17H26N4O2. The summed E-state index contributed by atoms with van der Waals surface area (Å²) in [4.78, 5) is 25.4. The largest absolute Gasteiger partial charge is 0.378 e. The van der Waals surface area contributed by atoms with Crippen LogP contribution in [0.15, 0.2) is 12.3 Å². The Bertz CT molecular complexity index is 571. The van der Waals surface area contributed by atoms with E-state index in [-0.39, 0.29) is 11.8 Å². The first kappa shape index (κ1) is 16.2. The molecule has 3 rings (SSSR count). The van der Waals surface area contributed by atoms with Crippen molar-refractivity contribution >= 4 is 11.7 Å². The van der Waals surface area contributed by atoms with Crippen LogP contribution in [0.4, 0.5) is 5.82 Å². The summed E-state index contributed by atoms with van der Waals surface area (Å²) in [6, 6.07) is 1.86. The molecule has 0 radical (unpaired) electrons. The molecule has 1 amide bonds. The number of nitrogens with zero attached hydrogens (tertiary/aromatic N) is 4. The van der Waals surface area contributed by atoms with E-state index in [4.69, 9.17) is 0 Å². The number of carbonyl (C=O) groups is 1. The molecule has 0 aliphatic carbocycles. The zero-order chi connectivity index (χ0) is 16.4. The van der Waals surface area contributed by atoms with E-state index in [1.54, 1.807) is 6.20 Å². The van der Waals surface area contributed by atoms with Crippen LogP contribution >= 0.6 is 0 Å². The lowest BCUT2D eigenvalue weighted by atomic mass is 9.91. The minimum atomic E-state index is -1.29. The molecular weight excluding hydrogens is 292 g/mol. The van der Waals surface area contributed by atoms with Crippen LogP contribution in [0.3, 0.4) is 0 Å². The summed E-state index contributed by atoms with van der Waals surface area (Å²) < 4.78 is 0. The number of anilines is 1. The monoisotopic (exact) mass is 318 g/mol.